The number of benzene rings is 1. The summed E-state index contributed by atoms with van der Waals surface area (Å²) in [7, 11) is 0. The molecule has 3 heterocycles. The van der Waals surface area contributed by atoms with Crippen LogP contribution in [0.4, 0.5) is 29.5 Å². The number of likely N-dealkylation sites (N-methyl/N-ethyl adjacent to an activating group) is 1. The van der Waals surface area contributed by atoms with Crippen molar-refractivity contribution < 1.29 is 27.6 Å². The van der Waals surface area contributed by atoms with Gasteiger partial charge >= 0.3 is 11.5 Å². The molecular weight excluding hydrogens is 607 g/mol. The van der Waals surface area contributed by atoms with E-state index >= 15 is 0 Å². The molecule has 1 aromatic carbocycles. The number of piperazine rings is 1. The van der Waals surface area contributed by atoms with Crippen LogP contribution >= 0.6 is 11.8 Å². The average molecular weight is 650 g/mol. The number of anilines is 2. The molecule has 14 heteroatoms. The fraction of sp³-hybridized carbons (Fsp3) is 0.548. The minimum atomic E-state index is -4.44. The zero-order valence-corrected chi connectivity index (χ0v) is 27.1. The lowest BCUT2D eigenvalue weighted by Crippen LogP contribution is -2.48. The number of nitrogens with zero attached hydrogens (tertiary/aromatic N) is 6. The van der Waals surface area contributed by atoms with Gasteiger partial charge in [0.1, 0.15) is 11.4 Å². The number of carbonyl (C=O) groups excluding carboxylic acids is 3. The van der Waals surface area contributed by atoms with Gasteiger partial charge in [-0.15, -0.1) is 0 Å². The maximum absolute atomic E-state index is 13.4. The van der Waals surface area contributed by atoms with Crippen LogP contribution in [0.25, 0.3) is 0 Å². The van der Waals surface area contributed by atoms with Crippen LogP contribution in [0, 0.1) is 0 Å². The van der Waals surface area contributed by atoms with E-state index in [0.29, 0.717) is 24.3 Å². The molecule has 0 saturated carbocycles. The summed E-state index contributed by atoms with van der Waals surface area (Å²) >= 11 is -0.265. The fourth-order valence-electron chi connectivity index (χ4n) is 5.47. The monoisotopic (exact) mass is 649 g/mol. The number of alkyl halides is 3. The average Bonchev–Trinajstić information content (AvgIpc) is 3.16. The number of urea groups is 1. The Bertz CT molecular complexity index is 1330. The SMILES string of the molecule is CCN(CC)CCN1CCN(CCC(=O)Nc2cc(CN3C(=O)N(c4ccc(SC(F)(F)F)cc4)C(=O)C3(C)C)ccn2)CC1. The van der Waals surface area contributed by atoms with Crippen molar-refractivity contribution in [1.29, 1.82) is 0 Å². The molecule has 10 nitrogen and oxygen atoms in total. The summed E-state index contributed by atoms with van der Waals surface area (Å²) in [5, 5.41) is 2.84. The second-order valence-electron chi connectivity index (χ2n) is 11.7. The third kappa shape index (κ3) is 9.18. The molecule has 45 heavy (non-hydrogen) atoms. The second-order valence-corrected chi connectivity index (χ2v) is 12.8. The van der Waals surface area contributed by atoms with Crippen LogP contribution in [0.3, 0.4) is 0 Å². The van der Waals surface area contributed by atoms with Gasteiger partial charge in [0.05, 0.1) is 5.69 Å². The van der Waals surface area contributed by atoms with Crippen molar-refractivity contribution >= 4 is 41.1 Å². The molecule has 0 aliphatic carbocycles. The molecule has 0 spiro atoms. The van der Waals surface area contributed by atoms with E-state index < -0.39 is 23.0 Å². The summed E-state index contributed by atoms with van der Waals surface area (Å²) in [6.07, 6.45) is 1.86. The van der Waals surface area contributed by atoms with Gasteiger partial charge in [0, 0.05) is 69.9 Å². The summed E-state index contributed by atoms with van der Waals surface area (Å²) in [4.78, 5) is 53.2. The Hall–Kier alpha value is -3.20. The number of aromatic nitrogens is 1. The molecule has 0 unspecified atom stereocenters. The smallest absolute Gasteiger partial charge is 0.311 e. The fourth-order valence-corrected chi connectivity index (χ4v) is 6.01. The third-order valence-electron chi connectivity index (χ3n) is 8.33. The van der Waals surface area contributed by atoms with Crippen LogP contribution in [0.5, 0.6) is 0 Å². The van der Waals surface area contributed by atoms with E-state index in [9.17, 15) is 27.6 Å². The zero-order valence-electron chi connectivity index (χ0n) is 26.3. The molecule has 2 aliphatic heterocycles. The van der Waals surface area contributed by atoms with Gasteiger partial charge in [-0.2, -0.15) is 13.2 Å². The van der Waals surface area contributed by atoms with Gasteiger partial charge in [0.25, 0.3) is 5.91 Å². The van der Waals surface area contributed by atoms with E-state index in [4.69, 9.17) is 0 Å². The molecule has 0 atom stereocenters. The summed E-state index contributed by atoms with van der Waals surface area (Å²) < 4.78 is 38.2. The number of thioether (sulfide) groups is 1. The molecule has 2 saturated heterocycles. The number of hydrogen-bond donors (Lipinski definition) is 1. The lowest BCUT2D eigenvalue weighted by molar-refractivity contribution is -0.123. The van der Waals surface area contributed by atoms with Crippen molar-refractivity contribution in [3.8, 4) is 0 Å². The van der Waals surface area contributed by atoms with Gasteiger partial charge in [-0.05, 0) is 80.7 Å². The molecule has 246 valence electrons. The Morgan fingerprint density at radius 1 is 1.00 bits per heavy atom. The van der Waals surface area contributed by atoms with E-state index in [2.05, 4.69) is 38.8 Å². The summed E-state index contributed by atoms with van der Waals surface area (Å²) in [6, 6.07) is 7.91. The number of nitrogens with one attached hydrogen (secondary N) is 1. The van der Waals surface area contributed by atoms with Gasteiger partial charge in [-0.25, -0.2) is 14.7 Å². The van der Waals surface area contributed by atoms with Crippen LogP contribution in [-0.2, 0) is 16.1 Å². The molecule has 0 radical (unpaired) electrons. The number of imide groups is 1. The van der Waals surface area contributed by atoms with Crippen LogP contribution in [-0.4, -0.2) is 112 Å². The normalized spacial score (nSPS) is 17.9. The van der Waals surface area contributed by atoms with Gasteiger partial charge in [0.15, 0.2) is 0 Å². The number of rotatable bonds is 13. The van der Waals surface area contributed by atoms with Crippen LogP contribution in [0.15, 0.2) is 47.5 Å². The lowest BCUT2D eigenvalue weighted by atomic mass is 10.0. The van der Waals surface area contributed by atoms with Crippen molar-refractivity contribution in [2.24, 2.45) is 0 Å². The van der Waals surface area contributed by atoms with Crippen LogP contribution in [0.2, 0.25) is 0 Å². The predicted octanol–water partition coefficient (Wildman–Crippen LogP) is 4.73. The first-order valence-corrected chi connectivity index (χ1v) is 16.1. The number of carbonyl (C=O) groups is 3. The van der Waals surface area contributed by atoms with Gasteiger partial charge < -0.3 is 20.0 Å². The summed E-state index contributed by atoms with van der Waals surface area (Å²) in [5.74, 6) is -0.296. The number of halogens is 3. The molecule has 4 rings (SSSR count). The first-order chi connectivity index (χ1) is 21.3. The predicted molar refractivity (Wildman–Crippen MR) is 169 cm³/mol. The Morgan fingerprint density at radius 3 is 2.22 bits per heavy atom. The van der Waals surface area contributed by atoms with Gasteiger partial charge in [0.2, 0.25) is 5.91 Å². The number of pyridine rings is 1. The highest BCUT2D eigenvalue weighted by molar-refractivity contribution is 8.00. The molecule has 2 fully saturated rings. The third-order valence-corrected chi connectivity index (χ3v) is 9.07. The Labute approximate surface area is 266 Å². The van der Waals surface area contributed by atoms with E-state index in [1.165, 1.54) is 35.4 Å². The maximum atomic E-state index is 13.4. The topological polar surface area (TPSA) is 92.3 Å². The van der Waals surface area contributed by atoms with E-state index in [0.717, 1.165) is 57.3 Å². The van der Waals surface area contributed by atoms with Crippen LogP contribution < -0.4 is 10.2 Å². The van der Waals surface area contributed by atoms with Gasteiger partial charge in [-0.3, -0.25) is 14.5 Å². The molecular formula is C31H42F3N7O3S. The Balaban J connectivity index is 1.29. The molecule has 0 bridgehead atoms. The highest BCUT2D eigenvalue weighted by atomic mass is 32.2. The second kappa shape index (κ2) is 14.9. The minimum absolute atomic E-state index is 0.0446. The lowest BCUT2D eigenvalue weighted by Gasteiger charge is -2.35. The molecule has 2 aromatic rings. The quantitative estimate of drug-likeness (QED) is 0.246. The minimum Gasteiger partial charge on any atom is -0.311 e. The maximum Gasteiger partial charge on any atom is 0.446 e. The number of hydrogen-bond acceptors (Lipinski definition) is 8. The molecule has 4 amide bonds. The summed E-state index contributed by atoms with van der Waals surface area (Å²) in [6.45, 7) is 16.4. The Kier molecular flexibility index (Phi) is 11.5. The van der Waals surface area contributed by atoms with E-state index in [-0.39, 0.29) is 34.8 Å². The van der Waals surface area contributed by atoms with Crippen molar-refractivity contribution in [1.82, 2.24) is 24.6 Å². The molecule has 2 aliphatic rings. The Morgan fingerprint density at radius 2 is 1.62 bits per heavy atom. The van der Waals surface area contributed by atoms with Crippen molar-refractivity contribution in [3.05, 3.63) is 48.2 Å². The standard InChI is InChI=1S/C31H42F3N7O3S/c1-5-37(6-2)15-16-39-19-17-38(18-20-39)14-12-27(42)36-26-21-23(11-13-35-26)22-40-29(44)41(28(43)30(40,3)4)24-7-9-25(10-8-24)45-31(32,33)34/h7-11,13,21H,5-6,12,14-20,22H2,1-4H3,(H,35,36,42). The van der Waals surface area contributed by atoms with Crippen molar-refractivity contribution in [3.63, 3.8) is 0 Å². The first-order valence-electron chi connectivity index (χ1n) is 15.2. The highest BCUT2D eigenvalue weighted by Gasteiger charge is 2.51. The van der Waals surface area contributed by atoms with E-state index in [1.54, 1.807) is 26.0 Å². The van der Waals surface area contributed by atoms with E-state index in [1.807, 2.05) is 0 Å². The molecule has 1 aromatic heterocycles. The molecule has 1 N–H and O–H groups in total. The van der Waals surface area contributed by atoms with Crippen LogP contribution in [0.1, 0.15) is 39.7 Å². The number of amides is 4. The summed E-state index contributed by atoms with van der Waals surface area (Å²) in [5.41, 5.74) is -4.80. The van der Waals surface area contributed by atoms with Gasteiger partial charge in [-0.1, -0.05) is 13.8 Å². The highest BCUT2D eigenvalue weighted by Crippen LogP contribution is 2.39. The van der Waals surface area contributed by atoms with Crippen molar-refractivity contribution in [2.45, 2.75) is 56.6 Å². The largest absolute Gasteiger partial charge is 0.446 e. The first kappa shape index (κ1) is 34.7. The van der Waals surface area contributed by atoms with Crippen molar-refractivity contribution in [2.75, 3.05) is 69.1 Å². The zero-order chi connectivity index (χ0) is 32.8.